The molecule has 0 aliphatic carbocycles. The van der Waals surface area contributed by atoms with Gasteiger partial charge in [-0.1, -0.05) is 35.3 Å². The normalized spacial score (nSPS) is 10.5. The number of hydrogen-bond acceptors (Lipinski definition) is 5. The number of carbonyl (C=O) groups excluding carboxylic acids is 3. The Morgan fingerprint density at radius 2 is 1.75 bits per heavy atom. The quantitative estimate of drug-likeness (QED) is 0.394. The zero-order valence-corrected chi connectivity index (χ0v) is 19.9. The lowest BCUT2D eigenvalue weighted by Crippen LogP contribution is -2.15. The number of rotatable bonds is 6. The predicted molar refractivity (Wildman–Crippen MR) is 129 cm³/mol. The summed E-state index contributed by atoms with van der Waals surface area (Å²) in [5.74, 6) is -1.56. The van der Waals surface area contributed by atoms with Gasteiger partial charge in [0.05, 0.1) is 27.6 Å². The number of benzene rings is 2. The van der Waals surface area contributed by atoms with Gasteiger partial charge in [-0.05, 0) is 62.2 Å². The lowest BCUT2D eigenvalue weighted by molar-refractivity contribution is 0.0527. The molecule has 6 nitrogen and oxygen atoms in total. The Bertz CT molecular complexity index is 1210. The summed E-state index contributed by atoms with van der Waals surface area (Å²) < 4.78 is 5.14. The monoisotopic (exact) mass is 490 g/mol. The first-order valence-electron chi connectivity index (χ1n) is 9.66. The van der Waals surface area contributed by atoms with E-state index in [2.05, 4.69) is 10.6 Å². The molecule has 1 aromatic heterocycles. The van der Waals surface area contributed by atoms with Crippen molar-refractivity contribution in [3.8, 4) is 0 Å². The number of ether oxygens (including phenoxy) is 1. The summed E-state index contributed by atoms with van der Waals surface area (Å²) in [6.07, 6.45) is 0. The Hall–Kier alpha value is -2.87. The van der Waals surface area contributed by atoms with E-state index in [1.54, 1.807) is 19.9 Å². The Balaban J connectivity index is 1.96. The van der Waals surface area contributed by atoms with Gasteiger partial charge >= 0.3 is 5.97 Å². The number of thiophene rings is 1. The van der Waals surface area contributed by atoms with Crippen LogP contribution in [0, 0.1) is 13.8 Å². The highest BCUT2D eigenvalue weighted by Gasteiger charge is 2.27. The van der Waals surface area contributed by atoms with E-state index in [1.165, 1.54) is 18.2 Å². The minimum Gasteiger partial charge on any atom is -0.462 e. The van der Waals surface area contributed by atoms with Crippen LogP contribution in [0.15, 0.2) is 42.5 Å². The summed E-state index contributed by atoms with van der Waals surface area (Å²) in [4.78, 5) is 38.6. The average molecular weight is 491 g/mol. The van der Waals surface area contributed by atoms with Gasteiger partial charge in [-0.25, -0.2) is 4.79 Å². The zero-order chi connectivity index (χ0) is 23.4. The molecule has 32 heavy (non-hydrogen) atoms. The van der Waals surface area contributed by atoms with Gasteiger partial charge in [-0.3, -0.25) is 9.59 Å². The highest BCUT2D eigenvalue weighted by Crippen LogP contribution is 2.35. The molecule has 0 aliphatic heterocycles. The van der Waals surface area contributed by atoms with Gasteiger partial charge in [0, 0.05) is 10.7 Å². The fourth-order valence-electron chi connectivity index (χ4n) is 3.02. The number of nitrogens with one attached hydrogen (secondary N) is 2. The molecule has 9 heteroatoms. The van der Waals surface area contributed by atoms with Crippen LogP contribution in [0.1, 0.15) is 48.4 Å². The average Bonchev–Trinajstić information content (AvgIpc) is 3.04. The number of anilines is 2. The van der Waals surface area contributed by atoms with E-state index in [0.29, 0.717) is 16.3 Å². The van der Waals surface area contributed by atoms with Crippen LogP contribution in [0.5, 0.6) is 0 Å². The summed E-state index contributed by atoms with van der Waals surface area (Å²) in [6.45, 7) is 5.38. The molecule has 2 N–H and O–H groups in total. The minimum atomic E-state index is -0.631. The van der Waals surface area contributed by atoms with Gasteiger partial charge in [0.25, 0.3) is 11.8 Å². The maximum absolute atomic E-state index is 12.9. The molecule has 2 amide bonds. The molecule has 0 fully saturated rings. The second-order valence-corrected chi connectivity index (χ2v) is 8.75. The Morgan fingerprint density at radius 3 is 2.41 bits per heavy atom. The molecule has 2 aromatic carbocycles. The molecule has 0 unspecified atom stereocenters. The summed E-state index contributed by atoms with van der Waals surface area (Å²) in [6, 6.07) is 11.8. The fourth-order valence-corrected chi connectivity index (χ4v) is 4.60. The number of amides is 2. The number of esters is 1. The van der Waals surface area contributed by atoms with Crippen LogP contribution in [-0.4, -0.2) is 24.4 Å². The second kappa shape index (κ2) is 10.2. The molecule has 0 atom stereocenters. The highest BCUT2D eigenvalue weighted by molar-refractivity contribution is 7.19. The summed E-state index contributed by atoms with van der Waals surface area (Å²) >= 11 is 13.0. The first-order valence-corrected chi connectivity index (χ1v) is 11.2. The molecule has 3 rings (SSSR count). The molecular weight excluding hydrogens is 471 g/mol. The number of halogens is 2. The molecule has 0 spiro atoms. The van der Waals surface area contributed by atoms with Crippen LogP contribution >= 0.6 is 34.5 Å². The van der Waals surface area contributed by atoms with Crippen LogP contribution in [0.25, 0.3) is 0 Å². The number of hydrogen-bond donors (Lipinski definition) is 2. The van der Waals surface area contributed by atoms with Gasteiger partial charge < -0.3 is 15.4 Å². The van der Waals surface area contributed by atoms with E-state index >= 15 is 0 Å². The first kappa shape index (κ1) is 23.8. The Kier molecular flexibility index (Phi) is 7.56. The first-order chi connectivity index (χ1) is 15.2. The van der Waals surface area contributed by atoms with Gasteiger partial charge in [-0.15, -0.1) is 11.3 Å². The standard InChI is InChI=1S/C23H20Cl2N2O4S/c1-4-31-23(30)18-13(3)19(21(29)26-15-7-5-6-12(2)10-15)32-22(18)27-20(28)16-9-8-14(24)11-17(16)25/h5-11H,4H2,1-3H3,(H,26,29)(H,27,28). The van der Waals surface area contributed by atoms with Crippen LogP contribution in [0.4, 0.5) is 10.7 Å². The van der Waals surface area contributed by atoms with Crippen LogP contribution in [0.3, 0.4) is 0 Å². The largest absolute Gasteiger partial charge is 0.462 e. The van der Waals surface area contributed by atoms with Gasteiger partial charge in [0.1, 0.15) is 5.00 Å². The molecule has 0 saturated heterocycles. The molecule has 1 heterocycles. The second-order valence-electron chi connectivity index (χ2n) is 6.88. The smallest absolute Gasteiger partial charge is 0.341 e. The van der Waals surface area contributed by atoms with E-state index in [0.717, 1.165) is 16.9 Å². The third-order valence-electron chi connectivity index (χ3n) is 4.51. The lowest BCUT2D eigenvalue weighted by atomic mass is 10.1. The van der Waals surface area contributed by atoms with Crippen molar-refractivity contribution >= 4 is 63.0 Å². The van der Waals surface area contributed by atoms with E-state index < -0.39 is 17.8 Å². The van der Waals surface area contributed by atoms with Crippen molar-refractivity contribution in [3.63, 3.8) is 0 Å². The fraction of sp³-hybridized carbons (Fsp3) is 0.174. The van der Waals surface area contributed by atoms with E-state index in [4.69, 9.17) is 27.9 Å². The minimum absolute atomic E-state index is 0.129. The molecule has 0 bridgehead atoms. The maximum atomic E-state index is 12.9. The Labute approximate surface area is 199 Å². The maximum Gasteiger partial charge on any atom is 0.341 e. The zero-order valence-electron chi connectivity index (χ0n) is 17.5. The summed E-state index contributed by atoms with van der Waals surface area (Å²) in [5.41, 5.74) is 2.34. The van der Waals surface area contributed by atoms with Crippen molar-refractivity contribution in [2.24, 2.45) is 0 Å². The summed E-state index contributed by atoms with van der Waals surface area (Å²) in [7, 11) is 0. The van der Waals surface area contributed by atoms with Crippen molar-refractivity contribution in [3.05, 3.63) is 79.6 Å². The van der Waals surface area contributed by atoms with Crippen molar-refractivity contribution in [1.82, 2.24) is 0 Å². The van der Waals surface area contributed by atoms with Gasteiger partial charge in [0.15, 0.2) is 0 Å². The number of aryl methyl sites for hydroxylation is 1. The predicted octanol–water partition coefficient (Wildman–Crippen LogP) is 6.35. The third kappa shape index (κ3) is 5.30. The van der Waals surface area contributed by atoms with Crippen molar-refractivity contribution < 1.29 is 19.1 Å². The van der Waals surface area contributed by atoms with Crippen molar-refractivity contribution in [1.29, 1.82) is 0 Å². The third-order valence-corrected chi connectivity index (χ3v) is 6.27. The molecular formula is C23H20Cl2N2O4S. The lowest BCUT2D eigenvalue weighted by Gasteiger charge is -2.08. The molecule has 3 aromatic rings. The van der Waals surface area contributed by atoms with Crippen LogP contribution in [0.2, 0.25) is 10.0 Å². The van der Waals surface area contributed by atoms with E-state index in [-0.39, 0.29) is 32.6 Å². The number of carbonyl (C=O) groups is 3. The molecule has 0 aliphatic rings. The Morgan fingerprint density at radius 1 is 1.00 bits per heavy atom. The van der Waals surface area contributed by atoms with Crippen LogP contribution < -0.4 is 10.6 Å². The molecule has 166 valence electrons. The topological polar surface area (TPSA) is 84.5 Å². The highest BCUT2D eigenvalue weighted by atomic mass is 35.5. The van der Waals surface area contributed by atoms with Crippen LogP contribution in [-0.2, 0) is 4.74 Å². The van der Waals surface area contributed by atoms with Gasteiger partial charge in [0.2, 0.25) is 0 Å². The summed E-state index contributed by atoms with van der Waals surface area (Å²) in [5, 5.41) is 6.26. The molecule has 0 saturated carbocycles. The van der Waals surface area contributed by atoms with Gasteiger partial charge in [-0.2, -0.15) is 0 Å². The molecule has 0 radical (unpaired) electrons. The van der Waals surface area contributed by atoms with Crippen molar-refractivity contribution in [2.45, 2.75) is 20.8 Å². The van der Waals surface area contributed by atoms with E-state index in [9.17, 15) is 14.4 Å². The SMILES string of the molecule is CCOC(=O)c1c(NC(=O)c2ccc(Cl)cc2Cl)sc(C(=O)Nc2cccc(C)c2)c1C. The van der Waals surface area contributed by atoms with Crippen molar-refractivity contribution in [2.75, 3.05) is 17.2 Å². The van der Waals surface area contributed by atoms with E-state index in [1.807, 2.05) is 25.1 Å².